The van der Waals surface area contributed by atoms with Crippen LogP contribution in [0.5, 0.6) is 0 Å². The van der Waals surface area contributed by atoms with Crippen molar-refractivity contribution >= 4 is 44.9 Å². The lowest BCUT2D eigenvalue weighted by Crippen LogP contribution is -2.31. The third kappa shape index (κ3) is 3.37. The van der Waals surface area contributed by atoms with Crippen molar-refractivity contribution in [3.8, 4) is 0 Å². The van der Waals surface area contributed by atoms with Gasteiger partial charge in [0.2, 0.25) is 5.28 Å². The molecule has 0 saturated heterocycles. The summed E-state index contributed by atoms with van der Waals surface area (Å²) in [4.78, 5) is 21.5. The molecule has 20 heavy (non-hydrogen) atoms. The van der Waals surface area contributed by atoms with Crippen LogP contribution in [0.2, 0.25) is 5.28 Å². The minimum Gasteiger partial charge on any atom is -0.480 e. The summed E-state index contributed by atoms with van der Waals surface area (Å²) in [5.74, 6) is -0.147. The molecule has 0 amide bonds. The average molecular weight is 314 g/mol. The summed E-state index contributed by atoms with van der Waals surface area (Å²) in [6, 6.07) is 1.25. The average Bonchev–Trinajstić information content (AvgIpc) is 2.67. The molecule has 1 unspecified atom stereocenters. The number of rotatable bonds is 5. The molecule has 0 fully saturated rings. The lowest BCUT2D eigenvalue weighted by molar-refractivity contribution is -0.138. The van der Waals surface area contributed by atoms with Gasteiger partial charge in [0.25, 0.3) is 0 Å². The van der Waals surface area contributed by atoms with Crippen molar-refractivity contribution in [2.24, 2.45) is 5.92 Å². The zero-order valence-electron chi connectivity index (χ0n) is 11.5. The molecule has 2 N–H and O–H groups in total. The van der Waals surface area contributed by atoms with Crippen LogP contribution in [0.3, 0.4) is 0 Å². The first-order valence-corrected chi connectivity index (χ1v) is 7.49. The number of anilines is 1. The van der Waals surface area contributed by atoms with Gasteiger partial charge in [0.1, 0.15) is 16.7 Å². The summed E-state index contributed by atoms with van der Waals surface area (Å²) < 4.78 is 0. The fraction of sp³-hybridized carbons (Fsp3) is 0.462. The zero-order valence-corrected chi connectivity index (χ0v) is 13.0. The molecule has 2 rings (SSSR count). The largest absolute Gasteiger partial charge is 0.480 e. The molecule has 0 aromatic carbocycles. The fourth-order valence-electron chi connectivity index (χ4n) is 1.98. The number of halogens is 1. The Morgan fingerprint density at radius 1 is 1.50 bits per heavy atom. The van der Waals surface area contributed by atoms with Gasteiger partial charge in [0.15, 0.2) is 0 Å². The molecule has 2 aromatic rings. The minimum atomic E-state index is -0.895. The van der Waals surface area contributed by atoms with Gasteiger partial charge in [-0.05, 0) is 36.9 Å². The molecule has 0 saturated carbocycles. The fourth-order valence-corrected chi connectivity index (χ4v) is 3.08. The predicted octanol–water partition coefficient (Wildman–Crippen LogP) is 3.56. The summed E-state index contributed by atoms with van der Waals surface area (Å²) in [6.45, 7) is 5.93. The molecule has 5 nitrogen and oxygen atoms in total. The highest BCUT2D eigenvalue weighted by Crippen LogP contribution is 2.30. The van der Waals surface area contributed by atoms with Crippen molar-refractivity contribution in [2.75, 3.05) is 5.32 Å². The van der Waals surface area contributed by atoms with Crippen molar-refractivity contribution in [3.05, 3.63) is 16.2 Å². The molecule has 0 aliphatic heterocycles. The number of carboxylic acids is 1. The Kier molecular flexibility index (Phi) is 4.45. The van der Waals surface area contributed by atoms with Crippen LogP contribution in [0, 0.1) is 12.8 Å². The SMILES string of the molecule is Cc1cc2c(NC(CC(C)C)C(=O)O)nc(Cl)nc2s1. The number of nitrogens with zero attached hydrogens (tertiary/aromatic N) is 2. The van der Waals surface area contributed by atoms with E-state index < -0.39 is 12.0 Å². The van der Waals surface area contributed by atoms with Gasteiger partial charge in [-0.3, -0.25) is 0 Å². The van der Waals surface area contributed by atoms with Gasteiger partial charge < -0.3 is 10.4 Å². The van der Waals surface area contributed by atoms with Crippen LogP contribution in [-0.4, -0.2) is 27.1 Å². The number of carbonyl (C=O) groups is 1. The Hall–Kier alpha value is -1.40. The molecule has 108 valence electrons. The lowest BCUT2D eigenvalue weighted by Gasteiger charge is -2.17. The molecular formula is C13H16ClN3O2S. The Morgan fingerprint density at radius 3 is 2.80 bits per heavy atom. The van der Waals surface area contributed by atoms with Gasteiger partial charge in [0.05, 0.1) is 5.39 Å². The van der Waals surface area contributed by atoms with E-state index in [9.17, 15) is 9.90 Å². The van der Waals surface area contributed by atoms with Crippen molar-refractivity contribution in [2.45, 2.75) is 33.2 Å². The van der Waals surface area contributed by atoms with E-state index in [1.807, 2.05) is 26.8 Å². The number of aromatic nitrogens is 2. The van der Waals surface area contributed by atoms with Crippen molar-refractivity contribution in [1.82, 2.24) is 9.97 Å². The highest BCUT2D eigenvalue weighted by atomic mass is 35.5. The number of nitrogens with one attached hydrogen (secondary N) is 1. The van der Waals surface area contributed by atoms with E-state index in [2.05, 4.69) is 15.3 Å². The van der Waals surface area contributed by atoms with Crippen LogP contribution >= 0.6 is 22.9 Å². The Morgan fingerprint density at radius 2 is 2.20 bits per heavy atom. The number of hydrogen-bond donors (Lipinski definition) is 2. The van der Waals surface area contributed by atoms with Crippen molar-refractivity contribution < 1.29 is 9.90 Å². The molecule has 0 radical (unpaired) electrons. The second kappa shape index (κ2) is 5.93. The molecule has 2 heterocycles. The molecule has 1 atom stereocenters. The molecule has 0 aliphatic carbocycles. The Labute approximate surface area is 126 Å². The van der Waals surface area contributed by atoms with E-state index >= 15 is 0 Å². The van der Waals surface area contributed by atoms with Crippen molar-refractivity contribution in [1.29, 1.82) is 0 Å². The molecule has 0 aliphatic rings. The van der Waals surface area contributed by atoms with Crippen LogP contribution in [0.4, 0.5) is 5.82 Å². The van der Waals surface area contributed by atoms with Gasteiger partial charge in [-0.15, -0.1) is 11.3 Å². The van der Waals surface area contributed by atoms with E-state index in [0.29, 0.717) is 12.2 Å². The van der Waals surface area contributed by atoms with E-state index in [1.54, 1.807) is 0 Å². The summed E-state index contributed by atoms with van der Waals surface area (Å²) in [7, 11) is 0. The molecule has 2 aromatic heterocycles. The third-order valence-electron chi connectivity index (χ3n) is 2.80. The maximum absolute atomic E-state index is 11.3. The smallest absolute Gasteiger partial charge is 0.326 e. The number of fused-ring (bicyclic) bond motifs is 1. The highest BCUT2D eigenvalue weighted by Gasteiger charge is 2.21. The first kappa shape index (κ1) is 15.0. The van der Waals surface area contributed by atoms with Crippen LogP contribution in [0.25, 0.3) is 10.2 Å². The first-order chi connectivity index (χ1) is 9.36. The normalized spacial score (nSPS) is 12.8. The number of carboxylic acid groups (broad SMARTS) is 1. The van der Waals surface area contributed by atoms with Gasteiger partial charge >= 0.3 is 5.97 Å². The van der Waals surface area contributed by atoms with Crippen LogP contribution in [0.1, 0.15) is 25.1 Å². The van der Waals surface area contributed by atoms with Gasteiger partial charge in [-0.1, -0.05) is 13.8 Å². The third-order valence-corrected chi connectivity index (χ3v) is 3.92. The maximum atomic E-state index is 11.3. The Bertz CT molecular complexity index is 642. The second-order valence-corrected chi connectivity index (χ2v) is 6.65. The predicted molar refractivity (Wildman–Crippen MR) is 81.7 cm³/mol. The quantitative estimate of drug-likeness (QED) is 0.825. The molecule has 0 spiro atoms. The van der Waals surface area contributed by atoms with Crippen LogP contribution in [0.15, 0.2) is 6.07 Å². The summed E-state index contributed by atoms with van der Waals surface area (Å²) >= 11 is 7.41. The van der Waals surface area contributed by atoms with E-state index in [1.165, 1.54) is 11.3 Å². The number of aliphatic carboxylic acids is 1. The summed E-state index contributed by atoms with van der Waals surface area (Å²) in [5, 5.41) is 13.2. The van der Waals surface area contributed by atoms with Crippen molar-refractivity contribution in [3.63, 3.8) is 0 Å². The summed E-state index contributed by atoms with van der Waals surface area (Å²) in [5.41, 5.74) is 0. The van der Waals surface area contributed by atoms with Gasteiger partial charge in [-0.25, -0.2) is 14.8 Å². The van der Waals surface area contributed by atoms with E-state index in [4.69, 9.17) is 11.6 Å². The minimum absolute atomic E-state index is 0.121. The molecular weight excluding hydrogens is 298 g/mol. The zero-order chi connectivity index (χ0) is 14.9. The molecule has 0 bridgehead atoms. The first-order valence-electron chi connectivity index (χ1n) is 6.30. The maximum Gasteiger partial charge on any atom is 0.326 e. The topological polar surface area (TPSA) is 75.1 Å². The van der Waals surface area contributed by atoms with Gasteiger partial charge in [0, 0.05) is 4.88 Å². The van der Waals surface area contributed by atoms with E-state index in [0.717, 1.165) is 15.1 Å². The number of aryl methyl sites for hydroxylation is 1. The summed E-state index contributed by atoms with van der Waals surface area (Å²) in [6.07, 6.45) is 0.515. The van der Waals surface area contributed by atoms with E-state index in [-0.39, 0.29) is 11.2 Å². The Balaban J connectivity index is 2.38. The van der Waals surface area contributed by atoms with Gasteiger partial charge in [-0.2, -0.15) is 0 Å². The van der Waals surface area contributed by atoms with Crippen LogP contribution < -0.4 is 5.32 Å². The molecule has 7 heteroatoms. The second-order valence-electron chi connectivity index (χ2n) is 5.08. The van der Waals surface area contributed by atoms with Crippen LogP contribution in [-0.2, 0) is 4.79 Å². The number of hydrogen-bond acceptors (Lipinski definition) is 5. The lowest BCUT2D eigenvalue weighted by atomic mass is 10.0. The standard InChI is InChI=1S/C13H16ClN3O2S/c1-6(2)4-9(12(18)19)15-10-8-5-7(3)20-11(8)17-13(14)16-10/h5-6,9H,4H2,1-3H3,(H,18,19)(H,15,16,17). The number of thiophene rings is 1. The monoisotopic (exact) mass is 313 g/mol. The highest BCUT2D eigenvalue weighted by molar-refractivity contribution is 7.18.